The predicted octanol–water partition coefficient (Wildman–Crippen LogP) is 4.81. The van der Waals surface area contributed by atoms with Gasteiger partial charge in [0.05, 0.1) is 22.1 Å². The van der Waals surface area contributed by atoms with E-state index in [0.717, 1.165) is 19.3 Å². The fourth-order valence-corrected chi connectivity index (χ4v) is 5.10. The van der Waals surface area contributed by atoms with Crippen LogP contribution >= 0.6 is 0 Å². The summed E-state index contributed by atoms with van der Waals surface area (Å²) in [6, 6.07) is 1.41. The van der Waals surface area contributed by atoms with Crippen molar-refractivity contribution in [3.63, 3.8) is 0 Å². The summed E-state index contributed by atoms with van der Waals surface area (Å²) in [5, 5.41) is 16.9. The van der Waals surface area contributed by atoms with Crippen LogP contribution in [0, 0.1) is 5.41 Å². The second-order valence-corrected chi connectivity index (χ2v) is 10.1. The SMILES string of the molecule is CC(C)(O)C1(C(=O)NCc2cc(C(F)(F)F)cc(C(F)(F)F)c2)CCC(NC2CCCOCC2)C1. The smallest absolute Gasteiger partial charge is 0.389 e. The number of halogens is 6. The van der Waals surface area contributed by atoms with E-state index >= 15 is 0 Å². The Kier molecular flexibility index (Phi) is 8.13. The van der Waals surface area contributed by atoms with Gasteiger partial charge >= 0.3 is 12.4 Å². The number of hydrogen-bond acceptors (Lipinski definition) is 4. The molecule has 1 amide bonds. The number of hydrogen-bond donors (Lipinski definition) is 3. The summed E-state index contributed by atoms with van der Waals surface area (Å²) >= 11 is 0. The monoisotopic (exact) mass is 510 g/mol. The molecule has 3 N–H and O–H groups in total. The summed E-state index contributed by atoms with van der Waals surface area (Å²) in [5.74, 6) is -0.593. The van der Waals surface area contributed by atoms with Crippen LogP contribution in [0.1, 0.15) is 69.1 Å². The van der Waals surface area contributed by atoms with Crippen molar-refractivity contribution in [1.29, 1.82) is 0 Å². The van der Waals surface area contributed by atoms with Crippen LogP contribution in [0.3, 0.4) is 0 Å². The number of aliphatic hydroxyl groups is 1. The predicted molar refractivity (Wildman–Crippen MR) is 116 cm³/mol. The number of rotatable bonds is 6. The number of carbonyl (C=O) groups is 1. The zero-order valence-electron chi connectivity index (χ0n) is 19.8. The van der Waals surface area contributed by atoms with Crippen molar-refractivity contribution >= 4 is 5.91 Å². The van der Waals surface area contributed by atoms with Crippen LogP contribution < -0.4 is 10.6 Å². The normalized spacial score (nSPS) is 26.4. The molecule has 3 rings (SSSR count). The molecule has 0 aromatic heterocycles. The van der Waals surface area contributed by atoms with E-state index < -0.39 is 46.9 Å². The van der Waals surface area contributed by atoms with Crippen molar-refractivity contribution in [2.45, 2.75) is 89.0 Å². The Labute approximate surface area is 200 Å². The van der Waals surface area contributed by atoms with Gasteiger partial charge in [-0.3, -0.25) is 4.79 Å². The standard InChI is InChI=1S/C24H32F6N2O3/c1-21(2,34)22(7-5-19(13-22)32-18-4-3-8-35-9-6-18)20(33)31-14-15-10-16(23(25,26)27)12-17(11-15)24(28,29)30/h10-12,18-19,32,34H,3-9,13-14H2,1-2H3,(H,31,33). The molecular weight excluding hydrogens is 478 g/mol. The van der Waals surface area contributed by atoms with Gasteiger partial charge < -0.3 is 20.5 Å². The quantitative estimate of drug-likeness (QED) is 0.481. The molecule has 1 aliphatic heterocycles. The Bertz CT molecular complexity index is 856. The lowest BCUT2D eigenvalue weighted by atomic mass is 9.71. The molecule has 0 radical (unpaired) electrons. The van der Waals surface area contributed by atoms with Gasteiger partial charge in [-0.25, -0.2) is 0 Å². The van der Waals surface area contributed by atoms with Crippen molar-refractivity contribution in [2.75, 3.05) is 13.2 Å². The third-order valence-electron chi connectivity index (χ3n) is 7.14. The molecule has 0 bridgehead atoms. The second kappa shape index (κ2) is 10.3. The minimum atomic E-state index is -4.97. The van der Waals surface area contributed by atoms with Crippen LogP contribution in [0.4, 0.5) is 26.3 Å². The maximum absolute atomic E-state index is 13.3. The van der Waals surface area contributed by atoms with E-state index in [0.29, 0.717) is 44.6 Å². The molecule has 2 fully saturated rings. The minimum Gasteiger partial charge on any atom is -0.389 e. The summed E-state index contributed by atoms with van der Waals surface area (Å²) < 4.78 is 84.4. The lowest BCUT2D eigenvalue weighted by Crippen LogP contribution is -2.53. The Morgan fingerprint density at radius 3 is 2.20 bits per heavy atom. The van der Waals surface area contributed by atoms with Crippen LogP contribution in [0.5, 0.6) is 0 Å². The maximum Gasteiger partial charge on any atom is 0.416 e. The lowest BCUT2D eigenvalue weighted by molar-refractivity contribution is -0.146. The van der Waals surface area contributed by atoms with Crippen molar-refractivity contribution in [3.8, 4) is 0 Å². The topological polar surface area (TPSA) is 70.6 Å². The first-order valence-electron chi connectivity index (χ1n) is 11.7. The van der Waals surface area contributed by atoms with E-state index in [4.69, 9.17) is 4.74 Å². The summed E-state index contributed by atoms with van der Waals surface area (Å²) in [7, 11) is 0. The first-order valence-corrected chi connectivity index (χ1v) is 11.7. The molecule has 1 aliphatic carbocycles. The highest BCUT2D eigenvalue weighted by Crippen LogP contribution is 2.47. The first-order chi connectivity index (χ1) is 16.1. The molecule has 1 aromatic rings. The number of amides is 1. The lowest BCUT2D eigenvalue weighted by Gasteiger charge is -2.39. The molecule has 1 aromatic carbocycles. The Morgan fingerprint density at radius 1 is 1.00 bits per heavy atom. The molecule has 0 spiro atoms. The van der Waals surface area contributed by atoms with Crippen molar-refractivity contribution in [2.24, 2.45) is 5.41 Å². The second-order valence-electron chi connectivity index (χ2n) is 10.1. The van der Waals surface area contributed by atoms with Gasteiger partial charge in [-0.1, -0.05) is 0 Å². The Morgan fingerprint density at radius 2 is 1.63 bits per heavy atom. The molecule has 198 valence electrons. The molecular formula is C24H32F6N2O3. The first kappa shape index (κ1) is 27.7. The molecule has 2 aliphatic rings. The average molecular weight is 511 g/mol. The number of benzene rings is 1. The van der Waals surface area contributed by atoms with Gasteiger partial charge in [0.1, 0.15) is 0 Å². The average Bonchev–Trinajstić information content (AvgIpc) is 3.01. The number of alkyl halides is 6. The van der Waals surface area contributed by atoms with Gasteiger partial charge in [0.15, 0.2) is 0 Å². The molecule has 5 nitrogen and oxygen atoms in total. The van der Waals surface area contributed by atoms with Gasteiger partial charge in [0.2, 0.25) is 5.91 Å². The molecule has 1 saturated carbocycles. The van der Waals surface area contributed by atoms with E-state index in [9.17, 15) is 36.2 Å². The van der Waals surface area contributed by atoms with Crippen molar-refractivity contribution in [1.82, 2.24) is 10.6 Å². The number of carbonyl (C=O) groups excluding carboxylic acids is 1. The van der Waals surface area contributed by atoms with Crippen LogP contribution in [0.25, 0.3) is 0 Å². The van der Waals surface area contributed by atoms with Crippen LogP contribution in [-0.2, 0) is 28.4 Å². The van der Waals surface area contributed by atoms with E-state index in [1.54, 1.807) is 0 Å². The molecule has 11 heteroatoms. The maximum atomic E-state index is 13.3. The molecule has 1 saturated heterocycles. The van der Waals surface area contributed by atoms with E-state index in [-0.39, 0.29) is 23.7 Å². The molecule has 3 unspecified atom stereocenters. The van der Waals surface area contributed by atoms with Crippen LogP contribution in [-0.4, -0.2) is 41.9 Å². The fraction of sp³-hybridized carbons (Fsp3) is 0.708. The Balaban J connectivity index is 1.75. The molecule has 1 heterocycles. The summed E-state index contributed by atoms with van der Waals surface area (Å²) in [4.78, 5) is 13.3. The largest absolute Gasteiger partial charge is 0.416 e. The van der Waals surface area contributed by atoms with Crippen LogP contribution in [0.15, 0.2) is 18.2 Å². The molecule has 3 atom stereocenters. The number of nitrogens with one attached hydrogen (secondary N) is 2. The van der Waals surface area contributed by atoms with Crippen molar-refractivity contribution < 1.29 is 41.0 Å². The summed E-state index contributed by atoms with van der Waals surface area (Å²) in [5.41, 5.74) is -5.89. The fourth-order valence-electron chi connectivity index (χ4n) is 5.10. The van der Waals surface area contributed by atoms with E-state index in [1.807, 2.05) is 0 Å². The molecule has 35 heavy (non-hydrogen) atoms. The highest BCUT2D eigenvalue weighted by atomic mass is 19.4. The third kappa shape index (κ3) is 6.68. The van der Waals surface area contributed by atoms with Crippen LogP contribution in [0.2, 0.25) is 0 Å². The zero-order chi connectivity index (χ0) is 26.1. The highest BCUT2D eigenvalue weighted by molar-refractivity contribution is 5.84. The van der Waals surface area contributed by atoms with Crippen molar-refractivity contribution in [3.05, 3.63) is 34.9 Å². The van der Waals surface area contributed by atoms with E-state index in [1.165, 1.54) is 13.8 Å². The van der Waals surface area contributed by atoms with Gasteiger partial charge in [-0.15, -0.1) is 0 Å². The summed E-state index contributed by atoms with van der Waals surface area (Å²) in [6.07, 6.45) is -6.03. The van der Waals surface area contributed by atoms with Gasteiger partial charge in [-0.05, 0) is 76.1 Å². The number of ether oxygens (including phenoxy) is 1. The minimum absolute atomic E-state index is 0.0510. The Hall–Kier alpha value is -1.85. The van der Waals surface area contributed by atoms with Gasteiger partial charge in [0.25, 0.3) is 0 Å². The van der Waals surface area contributed by atoms with E-state index in [2.05, 4.69) is 10.6 Å². The van der Waals surface area contributed by atoms with Gasteiger partial charge in [0, 0.05) is 31.8 Å². The van der Waals surface area contributed by atoms with Gasteiger partial charge in [-0.2, -0.15) is 26.3 Å². The zero-order valence-corrected chi connectivity index (χ0v) is 19.8. The summed E-state index contributed by atoms with van der Waals surface area (Å²) in [6.45, 7) is 3.81. The third-order valence-corrected chi connectivity index (χ3v) is 7.14. The highest BCUT2D eigenvalue weighted by Gasteiger charge is 2.54.